The Kier molecular flexibility index (Phi) is 8.56. The molecule has 8 heteroatoms. The molecule has 2 N–H and O–H groups in total. The van der Waals surface area contributed by atoms with Gasteiger partial charge in [-0.1, -0.05) is 36.4 Å². The van der Waals surface area contributed by atoms with Gasteiger partial charge in [0.15, 0.2) is 5.96 Å². The first-order chi connectivity index (χ1) is 13.5. The van der Waals surface area contributed by atoms with Crippen LogP contribution in [0.25, 0.3) is 0 Å². The lowest BCUT2D eigenvalue weighted by atomic mass is 10.1. The van der Waals surface area contributed by atoms with Crippen LogP contribution < -0.4 is 10.6 Å². The Bertz CT molecular complexity index is 942. The number of nitrogens with one attached hydrogen (secondary N) is 2. The van der Waals surface area contributed by atoms with E-state index in [4.69, 9.17) is 0 Å². The Labute approximate surface area is 187 Å². The van der Waals surface area contributed by atoms with Crippen LogP contribution in [0.1, 0.15) is 35.2 Å². The van der Waals surface area contributed by atoms with E-state index in [1.165, 1.54) is 6.33 Å². The zero-order chi connectivity index (χ0) is 19.9. The molecule has 6 nitrogen and oxygen atoms in total. The minimum Gasteiger partial charge on any atom is -0.352 e. The number of benzene rings is 2. The first-order valence-corrected chi connectivity index (χ1v) is 9.18. The predicted octanol–water partition coefficient (Wildman–Crippen LogP) is 3.82. The quantitative estimate of drug-likeness (QED) is 0.302. The second-order valence-corrected chi connectivity index (χ2v) is 6.71. The van der Waals surface area contributed by atoms with E-state index in [-0.39, 0.29) is 35.8 Å². The molecule has 0 saturated heterocycles. The van der Waals surface area contributed by atoms with Crippen LogP contribution >= 0.6 is 24.0 Å². The van der Waals surface area contributed by atoms with Crippen LogP contribution in [0.5, 0.6) is 0 Å². The summed E-state index contributed by atoms with van der Waals surface area (Å²) in [5.74, 6) is 0.466. The van der Waals surface area contributed by atoms with Gasteiger partial charge in [-0.05, 0) is 42.2 Å². The highest BCUT2D eigenvalue weighted by molar-refractivity contribution is 14.0. The minimum absolute atomic E-state index is 0. The lowest BCUT2D eigenvalue weighted by molar-refractivity contribution is 0.607. The Morgan fingerprint density at radius 2 is 2.00 bits per heavy atom. The standard InChI is InChI=1S/C21H25FN6.HI/c1-15-7-8-19(10-20(15)22)16(2)27-21(23-3)25-11-17-5-4-6-18(9-17)12-28-14-24-13-26-28;/h4-10,13-14,16H,11-12H2,1-3H3,(H2,23,25,27);1H. The van der Waals surface area contributed by atoms with E-state index in [0.717, 1.165) is 16.7 Å². The van der Waals surface area contributed by atoms with Crippen molar-refractivity contribution in [3.8, 4) is 0 Å². The van der Waals surface area contributed by atoms with Gasteiger partial charge in [-0.3, -0.25) is 4.99 Å². The van der Waals surface area contributed by atoms with E-state index in [0.29, 0.717) is 24.6 Å². The number of aryl methyl sites for hydroxylation is 1. The van der Waals surface area contributed by atoms with Crippen LogP contribution in [0, 0.1) is 12.7 Å². The number of aromatic nitrogens is 3. The lowest BCUT2D eigenvalue weighted by Crippen LogP contribution is -2.38. The second kappa shape index (κ2) is 10.9. The van der Waals surface area contributed by atoms with E-state index in [1.807, 2.05) is 19.1 Å². The number of aliphatic imine (C=N–C) groups is 1. The van der Waals surface area contributed by atoms with Crippen molar-refractivity contribution in [3.63, 3.8) is 0 Å². The van der Waals surface area contributed by atoms with Gasteiger partial charge in [0, 0.05) is 13.6 Å². The van der Waals surface area contributed by atoms with Gasteiger partial charge < -0.3 is 10.6 Å². The van der Waals surface area contributed by atoms with Gasteiger partial charge in [-0.2, -0.15) is 5.10 Å². The molecule has 0 bridgehead atoms. The molecule has 1 atom stereocenters. The summed E-state index contributed by atoms with van der Waals surface area (Å²) in [4.78, 5) is 8.24. The summed E-state index contributed by atoms with van der Waals surface area (Å²) in [6, 6.07) is 13.5. The Morgan fingerprint density at radius 3 is 2.69 bits per heavy atom. The normalized spacial score (nSPS) is 12.2. The summed E-state index contributed by atoms with van der Waals surface area (Å²) in [6.07, 6.45) is 3.23. The number of rotatable bonds is 6. The summed E-state index contributed by atoms with van der Waals surface area (Å²) < 4.78 is 15.6. The molecule has 1 unspecified atom stereocenters. The van der Waals surface area contributed by atoms with Crippen molar-refractivity contribution in [2.45, 2.75) is 33.0 Å². The van der Waals surface area contributed by atoms with Gasteiger partial charge in [0.05, 0.1) is 12.6 Å². The molecule has 0 aliphatic carbocycles. The van der Waals surface area contributed by atoms with E-state index in [9.17, 15) is 4.39 Å². The molecule has 1 heterocycles. The van der Waals surface area contributed by atoms with Gasteiger partial charge in [0.1, 0.15) is 18.5 Å². The van der Waals surface area contributed by atoms with Crippen molar-refractivity contribution in [3.05, 3.63) is 83.2 Å². The largest absolute Gasteiger partial charge is 0.352 e. The average molecular weight is 508 g/mol. The van der Waals surface area contributed by atoms with Crippen LogP contribution in [-0.4, -0.2) is 27.8 Å². The average Bonchev–Trinajstić information content (AvgIpc) is 3.20. The molecular formula is C21H26FIN6. The zero-order valence-corrected chi connectivity index (χ0v) is 19.1. The smallest absolute Gasteiger partial charge is 0.191 e. The third-order valence-corrected chi connectivity index (χ3v) is 4.54. The third kappa shape index (κ3) is 6.52. The Morgan fingerprint density at radius 1 is 1.21 bits per heavy atom. The number of hydrogen-bond donors (Lipinski definition) is 2. The second-order valence-electron chi connectivity index (χ2n) is 6.71. The molecule has 2 aromatic carbocycles. The fraction of sp³-hybridized carbons (Fsp3) is 0.286. The molecule has 0 spiro atoms. The molecule has 154 valence electrons. The number of hydrogen-bond acceptors (Lipinski definition) is 3. The lowest BCUT2D eigenvalue weighted by Gasteiger charge is -2.19. The van der Waals surface area contributed by atoms with Gasteiger partial charge in [0.2, 0.25) is 0 Å². The molecular weight excluding hydrogens is 482 g/mol. The summed E-state index contributed by atoms with van der Waals surface area (Å²) in [5.41, 5.74) is 3.80. The molecule has 29 heavy (non-hydrogen) atoms. The Balaban J connectivity index is 0.00000300. The van der Waals surface area contributed by atoms with Crippen molar-refractivity contribution < 1.29 is 4.39 Å². The number of nitrogens with zero attached hydrogens (tertiary/aromatic N) is 4. The first-order valence-electron chi connectivity index (χ1n) is 9.18. The fourth-order valence-corrected chi connectivity index (χ4v) is 2.89. The highest BCUT2D eigenvalue weighted by atomic mass is 127. The van der Waals surface area contributed by atoms with E-state index in [1.54, 1.807) is 37.1 Å². The van der Waals surface area contributed by atoms with Crippen LogP contribution in [0.4, 0.5) is 4.39 Å². The fourth-order valence-electron chi connectivity index (χ4n) is 2.89. The van der Waals surface area contributed by atoms with Crippen molar-refractivity contribution in [1.29, 1.82) is 0 Å². The van der Waals surface area contributed by atoms with Crippen LogP contribution in [-0.2, 0) is 13.1 Å². The number of halogens is 2. The zero-order valence-electron chi connectivity index (χ0n) is 16.8. The van der Waals surface area contributed by atoms with E-state index in [2.05, 4.69) is 43.9 Å². The molecule has 0 fully saturated rings. The van der Waals surface area contributed by atoms with Crippen molar-refractivity contribution in [1.82, 2.24) is 25.4 Å². The molecule has 3 rings (SSSR count). The highest BCUT2D eigenvalue weighted by Gasteiger charge is 2.10. The minimum atomic E-state index is -0.196. The SMILES string of the molecule is CN=C(NCc1cccc(Cn2cncn2)c1)NC(C)c1ccc(C)c(F)c1.I. The maximum absolute atomic E-state index is 13.8. The van der Waals surface area contributed by atoms with Crippen LogP contribution in [0.15, 0.2) is 60.1 Å². The molecule has 1 aromatic heterocycles. The van der Waals surface area contributed by atoms with E-state index < -0.39 is 0 Å². The van der Waals surface area contributed by atoms with Gasteiger partial charge in [-0.15, -0.1) is 24.0 Å². The molecule has 0 aliphatic rings. The molecule has 0 amide bonds. The highest BCUT2D eigenvalue weighted by Crippen LogP contribution is 2.16. The summed E-state index contributed by atoms with van der Waals surface area (Å²) in [6.45, 7) is 5.04. The van der Waals surface area contributed by atoms with Crippen LogP contribution in [0.2, 0.25) is 0 Å². The predicted molar refractivity (Wildman–Crippen MR) is 124 cm³/mol. The van der Waals surface area contributed by atoms with Crippen molar-refractivity contribution in [2.75, 3.05) is 7.05 Å². The first kappa shape index (κ1) is 22.8. The number of guanidine groups is 1. The van der Waals surface area contributed by atoms with Gasteiger partial charge in [0.25, 0.3) is 0 Å². The molecule has 0 radical (unpaired) electrons. The Hall–Kier alpha value is -2.49. The third-order valence-electron chi connectivity index (χ3n) is 4.54. The topological polar surface area (TPSA) is 67.1 Å². The van der Waals surface area contributed by atoms with E-state index >= 15 is 0 Å². The monoisotopic (exact) mass is 508 g/mol. The summed E-state index contributed by atoms with van der Waals surface area (Å²) in [5, 5.41) is 10.7. The molecule has 3 aromatic rings. The van der Waals surface area contributed by atoms with Crippen molar-refractivity contribution in [2.24, 2.45) is 4.99 Å². The van der Waals surface area contributed by atoms with Gasteiger partial charge >= 0.3 is 0 Å². The molecule has 0 saturated carbocycles. The molecule has 0 aliphatic heterocycles. The maximum atomic E-state index is 13.8. The van der Waals surface area contributed by atoms with Crippen molar-refractivity contribution >= 4 is 29.9 Å². The summed E-state index contributed by atoms with van der Waals surface area (Å²) >= 11 is 0. The summed E-state index contributed by atoms with van der Waals surface area (Å²) in [7, 11) is 1.72. The van der Waals surface area contributed by atoms with Gasteiger partial charge in [-0.25, -0.2) is 14.1 Å². The van der Waals surface area contributed by atoms with Crippen LogP contribution in [0.3, 0.4) is 0 Å². The maximum Gasteiger partial charge on any atom is 0.191 e.